The topological polar surface area (TPSA) is 36.3 Å². The van der Waals surface area contributed by atoms with Gasteiger partial charge in [0.2, 0.25) is 0 Å². The zero-order chi connectivity index (χ0) is 12.0. The lowest BCUT2D eigenvalue weighted by Crippen LogP contribution is -2.08. The third kappa shape index (κ3) is 3.50. The number of aryl methyl sites for hydroxylation is 1. The van der Waals surface area contributed by atoms with Gasteiger partial charge in [0.15, 0.2) is 5.16 Å². The summed E-state index contributed by atoms with van der Waals surface area (Å²) < 4.78 is 12.4. The molecule has 1 rings (SSSR count). The van der Waals surface area contributed by atoms with Gasteiger partial charge in [-0.25, -0.2) is 4.98 Å². The molecule has 16 heavy (non-hydrogen) atoms. The molecule has 0 fully saturated rings. The van der Waals surface area contributed by atoms with E-state index in [2.05, 4.69) is 16.5 Å². The van der Waals surface area contributed by atoms with Gasteiger partial charge in [-0.3, -0.25) is 0 Å². The number of aromatic nitrogens is 2. The first kappa shape index (κ1) is 13.5. The van der Waals surface area contributed by atoms with Gasteiger partial charge in [0, 0.05) is 32.2 Å². The maximum absolute atomic E-state index is 5.11. The molecule has 0 aliphatic heterocycles. The highest BCUT2D eigenvalue weighted by Crippen LogP contribution is 2.20. The Morgan fingerprint density at radius 2 is 1.88 bits per heavy atom. The normalized spacial score (nSPS) is 11.0. The highest BCUT2D eigenvalue weighted by Gasteiger charge is 2.10. The number of nitrogens with zero attached hydrogens (tertiary/aromatic N) is 2. The number of thioether (sulfide) groups is 1. The second-order valence-electron chi connectivity index (χ2n) is 3.55. The molecule has 0 aliphatic rings. The number of methoxy groups -OCH3 is 2. The van der Waals surface area contributed by atoms with Gasteiger partial charge in [-0.05, 0) is 13.8 Å². The number of rotatable bonds is 7. The predicted octanol–water partition coefficient (Wildman–Crippen LogP) is 1.88. The third-order valence-electron chi connectivity index (χ3n) is 2.46. The van der Waals surface area contributed by atoms with Crippen LogP contribution >= 0.6 is 11.8 Å². The van der Waals surface area contributed by atoms with E-state index >= 15 is 0 Å². The van der Waals surface area contributed by atoms with Crippen molar-refractivity contribution >= 4 is 11.8 Å². The molecule has 0 aliphatic carbocycles. The molecule has 4 nitrogen and oxygen atoms in total. The Labute approximate surface area is 101 Å². The Bertz CT molecular complexity index is 326. The van der Waals surface area contributed by atoms with E-state index in [1.54, 1.807) is 26.0 Å². The van der Waals surface area contributed by atoms with Crippen LogP contribution < -0.4 is 0 Å². The van der Waals surface area contributed by atoms with Crippen molar-refractivity contribution in [2.45, 2.75) is 25.5 Å². The van der Waals surface area contributed by atoms with Crippen LogP contribution in [-0.4, -0.2) is 42.7 Å². The minimum absolute atomic E-state index is 0.717. The lowest BCUT2D eigenvalue weighted by Gasteiger charge is -2.08. The summed E-state index contributed by atoms with van der Waals surface area (Å²) in [5.74, 6) is 0.930. The van der Waals surface area contributed by atoms with Gasteiger partial charge >= 0.3 is 0 Å². The SMILES string of the molecule is COCCSc1nc(C)c(C)n1CCOC. The van der Waals surface area contributed by atoms with E-state index in [9.17, 15) is 0 Å². The first-order chi connectivity index (χ1) is 7.70. The van der Waals surface area contributed by atoms with Crippen LogP contribution in [0, 0.1) is 13.8 Å². The second kappa shape index (κ2) is 6.93. The summed E-state index contributed by atoms with van der Waals surface area (Å²) in [7, 11) is 3.44. The Morgan fingerprint density at radius 1 is 1.19 bits per heavy atom. The molecule has 1 aromatic rings. The van der Waals surface area contributed by atoms with E-state index in [1.807, 2.05) is 6.92 Å². The molecule has 0 amide bonds. The molecule has 0 saturated carbocycles. The molecule has 1 heterocycles. The number of ether oxygens (including phenoxy) is 2. The van der Waals surface area contributed by atoms with E-state index in [-0.39, 0.29) is 0 Å². The standard InChI is InChI=1S/C11H20N2O2S/c1-9-10(2)13(5-6-14-3)11(12-9)16-8-7-15-4/h5-8H2,1-4H3. The van der Waals surface area contributed by atoms with Gasteiger partial charge in [0.1, 0.15) is 0 Å². The lowest BCUT2D eigenvalue weighted by molar-refractivity contribution is 0.184. The van der Waals surface area contributed by atoms with Crippen LogP contribution in [-0.2, 0) is 16.0 Å². The van der Waals surface area contributed by atoms with Crippen molar-refractivity contribution in [3.05, 3.63) is 11.4 Å². The summed E-state index contributed by atoms with van der Waals surface area (Å²) in [6.07, 6.45) is 0. The van der Waals surface area contributed by atoms with Gasteiger partial charge in [-0.15, -0.1) is 0 Å². The number of hydrogen-bond acceptors (Lipinski definition) is 4. The first-order valence-electron chi connectivity index (χ1n) is 5.35. The summed E-state index contributed by atoms with van der Waals surface area (Å²) in [5.41, 5.74) is 2.31. The summed E-state index contributed by atoms with van der Waals surface area (Å²) in [6.45, 7) is 6.46. The highest BCUT2D eigenvalue weighted by molar-refractivity contribution is 7.99. The van der Waals surface area contributed by atoms with Crippen molar-refractivity contribution in [1.29, 1.82) is 0 Å². The Balaban J connectivity index is 2.69. The quantitative estimate of drug-likeness (QED) is 0.542. The number of hydrogen-bond donors (Lipinski definition) is 0. The summed E-state index contributed by atoms with van der Waals surface area (Å²) in [6, 6.07) is 0. The van der Waals surface area contributed by atoms with Crippen molar-refractivity contribution in [1.82, 2.24) is 9.55 Å². The van der Waals surface area contributed by atoms with Gasteiger partial charge in [0.05, 0.1) is 18.9 Å². The highest BCUT2D eigenvalue weighted by atomic mass is 32.2. The predicted molar refractivity (Wildman–Crippen MR) is 66.2 cm³/mol. The second-order valence-corrected chi connectivity index (χ2v) is 4.61. The van der Waals surface area contributed by atoms with Crippen LogP contribution in [0.15, 0.2) is 5.16 Å². The molecule has 0 saturated heterocycles. The molecule has 92 valence electrons. The largest absolute Gasteiger partial charge is 0.384 e. The maximum Gasteiger partial charge on any atom is 0.168 e. The van der Waals surface area contributed by atoms with Gasteiger partial charge in [-0.1, -0.05) is 11.8 Å². The molecular weight excluding hydrogens is 224 g/mol. The molecule has 5 heteroatoms. The van der Waals surface area contributed by atoms with Crippen LogP contribution in [0.2, 0.25) is 0 Å². The van der Waals surface area contributed by atoms with Gasteiger partial charge < -0.3 is 14.0 Å². The molecule has 0 atom stereocenters. The zero-order valence-electron chi connectivity index (χ0n) is 10.4. The minimum Gasteiger partial charge on any atom is -0.384 e. The molecular formula is C11H20N2O2S. The number of imidazole rings is 1. The van der Waals surface area contributed by atoms with E-state index in [1.165, 1.54) is 5.69 Å². The van der Waals surface area contributed by atoms with Crippen molar-refractivity contribution < 1.29 is 9.47 Å². The van der Waals surface area contributed by atoms with E-state index < -0.39 is 0 Å². The Kier molecular flexibility index (Phi) is 5.87. The Morgan fingerprint density at radius 3 is 2.50 bits per heavy atom. The summed E-state index contributed by atoms with van der Waals surface area (Å²) in [5, 5.41) is 1.06. The fourth-order valence-electron chi connectivity index (χ4n) is 1.40. The summed E-state index contributed by atoms with van der Waals surface area (Å²) in [4.78, 5) is 4.55. The third-order valence-corrected chi connectivity index (χ3v) is 3.40. The smallest absolute Gasteiger partial charge is 0.168 e. The van der Waals surface area contributed by atoms with Crippen molar-refractivity contribution in [3.8, 4) is 0 Å². The molecule has 0 radical (unpaired) electrons. The molecule has 0 bridgehead atoms. The van der Waals surface area contributed by atoms with E-state index in [0.717, 1.165) is 29.8 Å². The molecule has 1 aromatic heterocycles. The van der Waals surface area contributed by atoms with Crippen LogP contribution in [0.5, 0.6) is 0 Å². The zero-order valence-corrected chi connectivity index (χ0v) is 11.3. The van der Waals surface area contributed by atoms with Crippen LogP contribution in [0.1, 0.15) is 11.4 Å². The van der Waals surface area contributed by atoms with Crippen LogP contribution in [0.4, 0.5) is 0 Å². The van der Waals surface area contributed by atoms with Crippen LogP contribution in [0.25, 0.3) is 0 Å². The van der Waals surface area contributed by atoms with Gasteiger partial charge in [-0.2, -0.15) is 0 Å². The van der Waals surface area contributed by atoms with E-state index in [0.29, 0.717) is 6.61 Å². The first-order valence-corrected chi connectivity index (χ1v) is 6.33. The van der Waals surface area contributed by atoms with Crippen molar-refractivity contribution in [2.24, 2.45) is 0 Å². The monoisotopic (exact) mass is 244 g/mol. The van der Waals surface area contributed by atoms with Crippen molar-refractivity contribution in [3.63, 3.8) is 0 Å². The molecule has 0 N–H and O–H groups in total. The maximum atomic E-state index is 5.11. The molecule has 0 spiro atoms. The summed E-state index contributed by atoms with van der Waals surface area (Å²) >= 11 is 1.73. The average molecular weight is 244 g/mol. The lowest BCUT2D eigenvalue weighted by atomic mass is 10.4. The van der Waals surface area contributed by atoms with E-state index in [4.69, 9.17) is 9.47 Å². The molecule has 0 aromatic carbocycles. The fraction of sp³-hybridized carbons (Fsp3) is 0.727. The molecule has 0 unspecified atom stereocenters. The van der Waals surface area contributed by atoms with Crippen molar-refractivity contribution in [2.75, 3.05) is 33.2 Å². The Hall–Kier alpha value is -0.520. The van der Waals surface area contributed by atoms with Gasteiger partial charge in [0.25, 0.3) is 0 Å². The average Bonchev–Trinajstić information content (AvgIpc) is 2.53. The van der Waals surface area contributed by atoms with Crippen LogP contribution in [0.3, 0.4) is 0 Å². The fourth-order valence-corrected chi connectivity index (χ4v) is 2.41. The minimum atomic E-state index is 0.717.